The Labute approximate surface area is 94.0 Å². The van der Waals surface area contributed by atoms with Gasteiger partial charge in [-0.1, -0.05) is 11.6 Å². The van der Waals surface area contributed by atoms with E-state index in [-0.39, 0.29) is 12.0 Å². The fourth-order valence-electron chi connectivity index (χ4n) is 1.00. The number of carboxylic acids is 1. The van der Waals surface area contributed by atoms with Crippen molar-refractivity contribution < 1.29 is 9.90 Å². The molecule has 0 unspecified atom stereocenters. The fourth-order valence-corrected chi connectivity index (χ4v) is 1.66. The molecule has 1 N–H and O–H groups in total. The molecule has 0 aliphatic carbocycles. The minimum atomic E-state index is -0.942. The Morgan fingerprint density at radius 2 is 2.29 bits per heavy atom. The summed E-state index contributed by atoms with van der Waals surface area (Å²) >= 11 is 8.94. The number of rotatable bonds is 2. The number of nitrogens with zero attached hydrogens (tertiary/aromatic N) is 1. The highest BCUT2D eigenvalue weighted by molar-refractivity contribution is 9.10. The van der Waals surface area contributed by atoms with Gasteiger partial charge in [-0.25, -0.2) is 0 Å². The molecule has 0 atom stereocenters. The van der Waals surface area contributed by atoms with Crippen LogP contribution in [-0.4, -0.2) is 11.1 Å². The number of hydrogen-bond acceptors (Lipinski definition) is 2. The van der Waals surface area contributed by atoms with Crippen LogP contribution in [0.2, 0.25) is 5.02 Å². The van der Waals surface area contributed by atoms with Crippen molar-refractivity contribution in [3.05, 3.63) is 32.8 Å². The molecule has 0 fully saturated rings. The quantitative estimate of drug-likeness (QED) is 0.901. The van der Waals surface area contributed by atoms with Gasteiger partial charge in [0.05, 0.1) is 17.0 Å². The molecule has 0 aliphatic rings. The third kappa shape index (κ3) is 2.47. The highest BCUT2D eigenvalue weighted by Gasteiger charge is 2.08. The average Bonchev–Trinajstić information content (AvgIpc) is 2.10. The molecule has 5 heteroatoms. The smallest absolute Gasteiger partial charge is 0.307 e. The van der Waals surface area contributed by atoms with Gasteiger partial charge in [0.1, 0.15) is 6.07 Å². The molecule has 72 valence electrons. The first-order valence-electron chi connectivity index (χ1n) is 3.64. The standard InChI is InChI=1S/C9H5BrClNO2/c10-7-2-5(3-8(13)14)1-6(4-12)9(7)11/h1-2H,3H2,(H,13,14). The molecule has 14 heavy (non-hydrogen) atoms. The number of hydrogen-bond donors (Lipinski definition) is 1. The van der Waals surface area contributed by atoms with Gasteiger partial charge in [0.15, 0.2) is 0 Å². The van der Waals surface area contributed by atoms with Crippen LogP contribution in [0, 0.1) is 11.3 Å². The first kappa shape index (κ1) is 11.0. The summed E-state index contributed by atoms with van der Waals surface area (Å²) in [5.41, 5.74) is 0.822. The molecule has 1 aromatic carbocycles. The van der Waals surface area contributed by atoms with E-state index in [0.29, 0.717) is 15.1 Å². The van der Waals surface area contributed by atoms with Gasteiger partial charge in [-0.2, -0.15) is 5.26 Å². The zero-order chi connectivity index (χ0) is 10.7. The van der Waals surface area contributed by atoms with Crippen molar-refractivity contribution in [2.24, 2.45) is 0 Å². The molecule has 0 radical (unpaired) electrons. The number of benzene rings is 1. The number of halogens is 2. The second-order valence-electron chi connectivity index (χ2n) is 2.62. The summed E-state index contributed by atoms with van der Waals surface area (Å²) < 4.78 is 0.537. The lowest BCUT2D eigenvalue weighted by molar-refractivity contribution is -0.136. The van der Waals surface area contributed by atoms with Crippen LogP contribution in [0.25, 0.3) is 0 Å². The number of carboxylic acid groups (broad SMARTS) is 1. The molecular weight excluding hydrogens is 269 g/mol. The molecule has 0 aromatic heterocycles. The Balaban J connectivity index is 3.18. The molecule has 1 aromatic rings. The van der Waals surface area contributed by atoms with Crippen LogP contribution in [0.4, 0.5) is 0 Å². The van der Waals surface area contributed by atoms with Gasteiger partial charge < -0.3 is 5.11 Å². The van der Waals surface area contributed by atoms with Crippen molar-refractivity contribution in [3.8, 4) is 6.07 Å². The van der Waals surface area contributed by atoms with Crippen LogP contribution in [-0.2, 0) is 11.2 Å². The average molecular weight is 275 g/mol. The van der Waals surface area contributed by atoms with Crippen molar-refractivity contribution in [2.45, 2.75) is 6.42 Å². The summed E-state index contributed by atoms with van der Waals surface area (Å²) in [5.74, 6) is -0.942. The normalized spacial score (nSPS) is 9.50. The predicted molar refractivity (Wildman–Crippen MR) is 55.2 cm³/mol. The van der Waals surface area contributed by atoms with Gasteiger partial charge in [-0.15, -0.1) is 0 Å². The zero-order valence-corrected chi connectivity index (χ0v) is 9.26. The van der Waals surface area contributed by atoms with Crippen LogP contribution < -0.4 is 0 Å². The maximum absolute atomic E-state index is 10.4. The van der Waals surface area contributed by atoms with Crippen LogP contribution in [0.1, 0.15) is 11.1 Å². The number of nitriles is 1. The molecule has 0 saturated heterocycles. The van der Waals surface area contributed by atoms with E-state index in [1.807, 2.05) is 6.07 Å². The summed E-state index contributed by atoms with van der Waals surface area (Å²) in [4.78, 5) is 10.4. The first-order valence-corrected chi connectivity index (χ1v) is 4.81. The van der Waals surface area contributed by atoms with Crippen molar-refractivity contribution in [1.29, 1.82) is 5.26 Å². The van der Waals surface area contributed by atoms with E-state index in [9.17, 15) is 4.79 Å². The van der Waals surface area contributed by atoms with Crippen molar-refractivity contribution in [2.75, 3.05) is 0 Å². The van der Waals surface area contributed by atoms with Crippen LogP contribution in [0.3, 0.4) is 0 Å². The lowest BCUT2D eigenvalue weighted by Crippen LogP contribution is -2.00. The third-order valence-electron chi connectivity index (χ3n) is 1.56. The fraction of sp³-hybridized carbons (Fsp3) is 0.111. The highest BCUT2D eigenvalue weighted by atomic mass is 79.9. The Bertz CT molecular complexity index is 426. The Hall–Kier alpha value is -1.05. The highest BCUT2D eigenvalue weighted by Crippen LogP contribution is 2.27. The molecule has 0 heterocycles. The molecule has 0 saturated carbocycles. The minimum Gasteiger partial charge on any atom is -0.481 e. The lowest BCUT2D eigenvalue weighted by Gasteiger charge is -2.02. The molecule has 0 amide bonds. The maximum atomic E-state index is 10.4. The van der Waals surface area contributed by atoms with E-state index < -0.39 is 5.97 Å². The van der Waals surface area contributed by atoms with Crippen LogP contribution in [0.5, 0.6) is 0 Å². The van der Waals surface area contributed by atoms with Gasteiger partial charge in [0.25, 0.3) is 0 Å². The first-order chi connectivity index (χ1) is 6.54. The summed E-state index contributed by atoms with van der Waals surface area (Å²) in [6.07, 6.45) is -0.121. The summed E-state index contributed by atoms with van der Waals surface area (Å²) in [6.45, 7) is 0. The van der Waals surface area contributed by atoms with E-state index in [1.54, 1.807) is 6.07 Å². The summed E-state index contributed by atoms with van der Waals surface area (Å²) in [7, 11) is 0. The Morgan fingerprint density at radius 1 is 1.64 bits per heavy atom. The van der Waals surface area contributed by atoms with E-state index in [4.69, 9.17) is 22.0 Å². The Morgan fingerprint density at radius 3 is 2.79 bits per heavy atom. The summed E-state index contributed by atoms with van der Waals surface area (Å²) in [5, 5.41) is 17.6. The SMILES string of the molecule is N#Cc1cc(CC(=O)O)cc(Br)c1Cl. The van der Waals surface area contributed by atoms with Gasteiger partial charge in [0.2, 0.25) is 0 Å². The van der Waals surface area contributed by atoms with E-state index in [1.165, 1.54) is 6.07 Å². The molecule has 3 nitrogen and oxygen atoms in total. The topological polar surface area (TPSA) is 61.1 Å². The Kier molecular flexibility index (Phi) is 3.50. The van der Waals surface area contributed by atoms with E-state index >= 15 is 0 Å². The molecule has 0 bridgehead atoms. The molecule has 0 aliphatic heterocycles. The minimum absolute atomic E-state index is 0.121. The van der Waals surface area contributed by atoms with Gasteiger partial charge in [0, 0.05) is 4.47 Å². The predicted octanol–water partition coefficient (Wildman–Crippen LogP) is 2.60. The third-order valence-corrected chi connectivity index (χ3v) is 2.82. The maximum Gasteiger partial charge on any atom is 0.307 e. The largest absolute Gasteiger partial charge is 0.481 e. The second kappa shape index (κ2) is 4.45. The van der Waals surface area contributed by atoms with Crippen molar-refractivity contribution in [1.82, 2.24) is 0 Å². The number of aliphatic carboxylic acids is 1. The van der Waals surface area contributed by atoms with Gasteiger partial charge in [-0.3, -0.25) is 4.79 Å². The number of carbonyl (C=O) groups is 1. The van der Waals surface area contributed by atoms with Gasteiger partial charge >= 0.3 is 5.97 Å². The molecule has 0 spiro atoms. The summed E-state index contributed by atoms with van der Waals surface area (Å²) in [6, 6.07) is 4.96. The van der Waals surface area contributed by atoms with Crippen LogP contribution >= 0.6 is 27.5 Å². The zero-order valence-electron chi connectivity index (χ0n) is 6.92. The molecular formula is C9H5BrClNO2. The van der Waals surface area contributed by atoms with Crippen molar-refractivity contribution in [3.63, 3.8) is 0 Å². The van der Waals surface area contributed by atoms with E-state index in [0.717, 1.165) is 0 Å². The monoisotopic (exact) mass is 273 g/mol. The van der Waals surface area contributed by atoms with E-state index in [2.05, 4.69) is 15.9 Å². The molecule has 1 rings (SSSR count). The van der Waals surface area contributed by atoms with Gasteiger partial charge in [-0.05, 0) is 33.6 Å². The van der Waals surface area contributed by atoms with Crippen LogP contribution in [0.15, 0.2) is 16.6 Å². The second-order valence-corrected chi connectivity index (χ2v) is 3.85. The lowest BCUT2D eigenvalue weighted by atomic mass is 10.1. The van der Waals surface area contributed by atoms with Crippen molar-refractivity contribution >= 4 is 33.5 Å².